The third-order valence-corrected chi connectivity index (χ3v) is 4.02. The van der Waals surface area contributed by atoms with Gasteiger partial charge in [-0.25, -0.2) is 0 Å². The van der Waals surface area contributed by atoms with E-state index < -0.39 is 0 Å². The van der Waals surface area contributed by atoms with Crippen LogP contribution in [0, 0.1) is 13.8 Å². The van der Waals surface area contributed by atoms with Crippen molar-refractivity contribution < 1.29 is 19.1 Å². The van der Waals surface area contributed by atoms with Crippen LogP contribution in [0.1, 0.15) is 18.1 Å². The van der Waals surface area contributed by atoms with Crippen molar-refractivity contribution in [2.45, 2.75) is 20.8 Å². The highest BCUT2D eigenvalue weighted by Crippen LogP contribution is 2.29. The number of nitrogens with zero attached hydrogens (tertiary/aromatic N) is 1. The van der Waals surface area contributed by atoms with E-state index in [-0.39, 0.29) is 18.4 Å². The van der Waals surface area contributed by atoms with Crippen LogP contribution in [0.2, 0.25) is 0 Å². The number of carbonyl (C=O) groups is 2. The molecule has 2 aromatic rings. The molecule has 0 saturated carbocycles. The van der Waals surface area contributed by atoms with Gasteiger partial charge >= 0.3 is 0 Å². The maximum atomic E-state index is 12.6. The Hall–Kier alpha value is -3.02. The van der Waals surface area contributed by atoms with Gasteiger partial charge in [-0.3, -0.25) is 9.59 Å². The van der Waals surface area contributed by atoms with Crippen LogP contribution < -0.4 is 19.7 Å². The lowest BCUT2D eigenvalue weighted by Crippen LogP contribution is -2.37. The van der Waals surface area contributed by atoms with Crippen LogP contribution in [0.15, 0.2) is 36.4 Å². The summed E-state index contributed by atoms with van der Waals surface area (Å²) in [6.45, 7) is 5.21. The van der Waals surface area contributed by atoms with Crippen LogP contribution in [0.3, 0.4) is 0 Å². The lowest BCUT2D eigenvalue weighted by Gasteiger charge is -2.23. The van der Waals surface area contributed by atoms with E-state index in [1.807, 2.05) is 32.0 Å². The minimum Gasteiger partial charge on any atom is -0.497 e. The first-order valence-corrected chi connectivity index (χ1v) is 8.23. The zero-order valence-electron chi connectivity index (χ0n) is 15.8. The fourth-order valence-corrected chi connectivity index (χ4v) is 2.62. The summed E-state index contributed by atoms with van der Waals surface area (Å²) in [4.78, 5) is 26.1. The lowest BCUT2D eigenvalue weighted by atomic mass is 10.1. The highest BCUT2D eigenvalue weighted by Gasteiger charge is 2.19. The molecule has 0 saturated heterocycles. The second-order valence-corrected chi connectivity index (χ2v) is 6.01. The van der Waals surface area contributed by atoms with Crippen LogP contribution in [0.5, 0.6) is 11.5 Å². The first-order valence-electron chi connectivity index (χ1n) is 8.23. The molecule has 0 aliphatic heterocycles. The molecule has 2 amide bonds. The number of amides is 2. The van der Waals surface area contributed by atoms with Gasteiger partial charge in [0, 0.05) is 18.7 Å². The number of hydrogen-bond donors (Lipinski definition) is 1. The number of benzene rings is 2. The van der Waals surface area contributed by atoms with Gasteiger partial charge in [0.1, 0.15) is 18.0 Å². The molecule has 2 aromatic carbocycles. The van der Waals surface area contributed by atoms with Crippen LogP contribution in [-0.2, 0) is 9.59 Å². The van der Waals surface area contributed by atoms with Gasteiger partial charge in [-0.1, -0.05) is 12.1 Å². The van der Waals surface area contributed by atoms with E-state index in [4.69, 9.17) is 9.47 Å². The van der Waals surface area contributed by atoms with Gasteiger partial charge in [0.05, 0.1) is 19.9 Å². The molecule has 0 aromatic heterocycles. The van der Waals surface area contributed by atoms with Gasteiger partial charge in [0.15, 0.2) is 0 Å². The van der Waals surface area contributed by atoms with Crippen molar-refractivity contribution in [1.29, 1.82) is 0 Å². The fraction of sp³-hybridized carbons (Fsp3) is 0.300. The van der Waals surface area contributed by atoms with Crippen molar-refractivity contribution in [3.05, 3.63) is 47.5 Å². The van der Waals surface area contributed by atoms with Crippen LogP contribution >= 0.6 is 0 Å². The number of anilines is 2. The second-order valence-electron chi connectivity index (χ2n) is 6.01. The van der Waals surface area contributed by atoms with E-state index in [2.05, 4.69) is 5.32 Å². The Kier molecular flexibility index (Phi) is 6.22. The summed E-state index contributed by atoms with van der Waals surface area (Å²) in [6, 6.07) is 10.9. The molecule has 0 atom stereocenters. The standard InChI is InChI=1S/C20H24N2O4/c1-13-6-7-14(2)18(10-13)22(15(3)23)12-20(24)21-17-11-16(25-4)8-9-19(17)26-5/h6-11H,12H2,1-5H3,(H,21,24). The molecule has 6 heteroatoms. The van der Waals surface area contributed by atoms with Crippen molar-refractivity contribution >= 4 is 23.2 Å². The summed E-state index contributed by atoms with van der Waals surface area (Å²) >= 11 is 0. The third kappa shape index (κ3) is 4.53. The van der Waals surface area contributed by atoms with Gasteiger partial charge in [-0.15, -0.1) is 0 Å². The van der Waals surface area contributed by atoms with Crippen LogP contribution in [0.25, 0.3) is 0 Å². The fourth-order valence-electron chi connectivity index (χ4n) is 2.62. The lowest BCUT2D eigenvalue weighted by molar-refractivity contribution is -0.120. The normalized spacial score (nSPS) is 10.2. The Balaban J connectivity index is 2.24. The molecule has 0 aliphatic rings. The van der Waals surface area contributed by atoms with Crippen molar-refractivity contribution in [3.8, 4) is 11.5 Å². The van der Waals surface area contributed by atoms with Gasteiger partial charge in [0.2, 0.25) is 11.8 Å². The molecule has 2 rings (SSSR count). The smallest absolute Gasteiger partial charge is 0.244 e. The summed E-state index contributed by atoms with van der Waals surface area (Å²) in [5.41, 5.74) is 3.16. The van der Waals surface area contributed by atoms with Gasteiger partial charge in [-0.2, -0.15) is 0 Å². The average molecular weight is 356 g/mol. The summed E-state index contributed by atoms with van der Waals surface area (Å²) in [7, 11) is 3.07. The number of carbonyl (C=O) groups excluding carboxylic acids is 2. The molecule has 0 aliphatic carbocycles. The van der Waals surface area contributed by atoms with E-state index in [0.717, 1.165) is 16.8 Å². The van der Waals surface area contributed by atoms with Crippen LogP contribution in [-0.4, -0.2) is 32.6 Å². The molecule has 0 fully saturated rings. The van der Waals surface area contributed by atoms with Crippen molar-refractivity contribution in [2.24, 2.45) is 0 Å². The number of hydrogen-bond acceptors (Lipinski definition) is 4. The van der Waals surface area contributed by atoms with Crippen molar-refractivity contribution in [3.63, 3.8) is 0 Å². The molecule has 0 spiro atoms. The van der Waals surface area contributed by atoms with E-state index in [1.54, 1.807) is 25.3 Å². The van der Waals surface area contributed by atoms with Gasteiger partial charge < -0.3 is 19.7 Å². The zero-order valence-corrected chi connectivity index (χ0v) is 15.8. The van der Waals surface area contributed by atoms with E-state index in [1.165, 1.54) is 18.9 Å². The van der Waals surface area contributed by atoms with E-state index in [9.17, 15) is 9.59 Å². The molecule has 26 heavy (non-hydrogen) atoms. The Bertz CT molecular complexity index is 817. The molecular formula is C20H24N2O4. The first-order chi connectivity index (χ1) is 12.3. The molecule has 1 N–H and O–H groups in total. The summed E-state index contributed by atoms with van der Waals surface area (Å²) < 4.78 is 10.4. The minimum atomic E-state index is -0.326. The maximum absolute atomic E-state index is 12.6. The second kappa shape index (κ2) is 8.38. The molecule has 6 nitrogen and oxygen atoms in total. The molecule has 0 heterocycles. The third-order valence-electron chi connectivity index (χ3n) is 4.02. The summed E-state index contributed by atoms with van der Waals surface area (Å²) in [5, 5.41) is 2.79. The Morgan fingerprint density at radius 1 is 1.04 bits per heavy atom. The minimum absolute atomic E-state index is 0.0972. The van der Waals surface area contributed by atoms with Crippen molar-refractivity contribution in [1.82, 2.24) is 0 Å². The molecule has 0 unspecified atom stereocenters. The quantitative estimate of drug-likeness (QED) is 0.862. The predicted octanol–water partition coefficient (Wildman–Crippen LogP) is 3.31. The number of ether oxygens (including phenoxy) is 2. The number of aryl methyl sites for hydroxylation is 2. The van der Waals surface area contributed by atoms with E-state index in [0.29, 0.717) is 17.2 Å². The number of methoxy groups -OCH3 is 2. The zero-order chi connectivity index (χ0) is 19.3. The summed E-state index contributed by atoms with van der Waals surface area (Å²) in [6.07, 6.45) is 0. The Labute approximate surface area is 153 Å². The first kappa shape index (κ1) is 19.3. The number of nitrogens with one attached hydrogen (secondary N) is 1. The SMILES string of the molecule is COc1ccc(OC)c(NC(=O)CN(C(C)=O)c2cc(C)ccc2C)c1. The van der Waals surface area contributed by atoms with Crippen molar-refractivity contribution in [2.75, 3.05) is 31.0 Å². The van der Waals surface area contributed by atoms with E-state index >= 15 is 0 Å². The van der Waals surface area contributed by atoms with Gasteiger partial charge in [-0.05, 0) is 43.2 Å². The highest BCUT2D eigenvalue weighted by atomic mass is 16.5. The van der Waals surface area contributed by atoms with Gasteiger partial charge in [0.25, 0.3) is 0 Å². The van der Waals surface area contributed by atoms with Crippen LogP contribution in [0.4, 0.5) is 11.4 Å². The predicted molar refractivity (Wildman–Crippen MR) is 102 cm³/mol. The molecule has 0 radical (unpaired) electrons. The number of rotatable bonds is 6. The topological polar surface area (TPSA) is 67.9 Å². The largest absolute Gasteiger partial charge is 0.497 e. The monoisotopic (exact) mass is 356 g/mol. The molecule has 0 bridgehead atoms. The molecular weight excluding hydrogens is 332 g/mol. The summed E-state index contributed by atoms with van der Waals surface area (Å²) in [5.74, 6) is 0.582. The Morgan fingerprint density at radius 2 is 1.77 bits per heavy atom. The average Bonchev–Trinajstić information content (AvgIpc) is 2.61. The maximum Gasteiger partial charge on any atom is 0.244 e. The Morgan fingerprint density at radius 3 is 2.38 bits per heavy atom. The highest BCUT2D eigenvalue weighted by molar-refractivity contribution is 6.02. The molecule has 138 valence electrons.